The van der Waals surface area contributed by atoms with Crippen LogP contribution in [-0.4, -0.2) is 17.1 Å². The highest BCUT2D eigenvalue weighted by Gasteiger charge is 2.56. The van der Waals surface area contributed by atoms with Gasteiger partial charge >= 0.3 is 0 Å². The van der Waals surface area contributed by atoms with E-state index in [0.717, 1.165) is 60.6 Å². The molecular weight excluding hydrogens is 376 g/mol. The van der Waals surface area contributed by atoms with Crippen LogP contribution in [0.15, 0.2) is 11.1 Å². The summed E-state index contributed by atoms with van der Waals surface area (Å²) in [5.74, 6) is 6.52. The molecule has 0 saturated heterocycles. The van der Waals surface area contributed by atoms with E-state index in [1.54, 1.807) is 11.1 Å². The molecule has 4 aliphatic rings. The van der Waals surface area contributed by atoms with Crippen LogP contribution in [0.25, 0.3) is 0 Å². The van der Waals surface area contributed by atoms with Crippen molar-refractivity contribution in [1.82, 2.24) is 0 Å². The predicted molar refractivity (Wildman–Crippen MR) is 124 cm³/mol. The minimum Gasteiger partial charge on any atom is -0.393 e. The van der Waals surface area contributed by atoms with Gasteiger partial charge in [0.1, 0.15) is 0 Å². The van der Waals surface area contributed by atoms with Gasteiger partial charge in [-0.25, -0.2) is 0 Å². The van der Waals surface area contributed by atoms with Crippen LogP contribution in [0.1, 0.15) is 98.3 Å². The van der Waals surface area contributed by atoms with Gasteiger partial charge in [-0.05, 0) is 98.2 Å². The van der Waals surface area contributed by atoms with Gasteiger partial charge in [-0.3, -0.25) is 0 Å². The summed E-state index contributed by atoms with van der Waals surface area (Å²) < 4.78 is 0. The normalized spacial score (nSPS) is 43.1. The number of halogens is 1. The Kier molecular flexibility index (Phi) is 6.78. The van der Waals surface area contributed by atoms with E-state index in [1.165, 1.54) is 51.4 Å². The first-order valence-corrected chi connectivity index (χ1v) is 13.3. The Morgan fingerprint density at radius 2 is 1.86 bits per heavy atom. The molecule has 0 heterocycles. The molecule has 29 heavy (non-hydrogen) atoms. The highest BCUT2D eigenvalue weighted by atomic mass is 35.5. The molecule has 166 valence electrons. The standard InChI is InChI=1S/C27H45ClO/c1-17(2)6-5-7-18(3)25-10-11-26-24-14-19(16-28)23-15-20(29)8-9-21(23)22(24)12-13-27(25,26)4/h17-20,22,24-26,29H,5-16H2,1-4H3/t18-,19+,20+,22-,24-,25-,26+,27-/m1/s1. The van der Waals surface area contributed by atoms with Gasteiger partial charge in [0.25, 0.3) is 0 Å². The summed E-state index contributed by atoms with van der Waals surface area (Å²) in [6, 6.07) is 0. The number of fused-ring (bicyclic) bond motifs is 4. The average Bonchev–Trinajstić information content (AvgIpc) is 3.04. The first-order chi connectivity index (χ1) is 13.8. The Bertz CT molecular complexity index is 610. The molecule has 2 heteroatoms. The maximum Gasteiger partial charge on any atom is 0.0580 e. The summed E-state index contributed by atoms with van der Waals surface area (Å²) >= 11 is 6.50. The average molecular weight is 421 g/mol. The number of allylic oxidation sites excluding steroid dienone is 1. The van der Waals surface area contributed by atoms with E-state index < -0.39 is 0 Å². The van der Waals surface area contributed by atoms with Gasteiger partial charge < -0.3 is 5.11 Å². The Morgan fingerprint density at radius 1 is 1.07 bits per heavy atom. The fraction of sp³-hybridized carbons (Fsp3) is 0.926. The van der Waals surface area contributed by atoms with Crippen molar-refractivity contribution >= 4 is 11.6 Å². The van der Waals surface area contributed by atoms with E-state index in [0.29, 0.717) is 11.3 Å². The Hall–Kier alpha value is -0.0100. The molecule has 2 saturated carbocycles. The van der Waals surface area contributed by atoms with E-state index in [-0.39, 0.29) is 6.10 Å². The molecule has 4 aliphatic carbocycles. The molecule has 0 unspecified atom stereocenters. The van der Waals surface area contributed by atoms with E-state index in [1.807, 2.05) is 0 Å². The van der Waals surface area contributed by atoms with Crippen molar-refractivity contribution in [1.29, 1.82) is 0 Å². The molecule has 1 nitrogen and oxygen atoms in total. The van der Waals surface area contributed by atoms with Crippen molar-refractivity contribution < 1.29 is 5.11 Å². The Balaban J connectivity index is 1.51. The monoisotopic (exact) mass is 420 g/mol. The number of hydrogen-bond acceptors (Lipinski definition) is 1. The first-order valence-electron chi connectivity index (χ1n) is 12.8. The number of rotatable bonds is 6. The zero-order chi connectivity index (χ0) is 20.8. The smallest absolute Gasteiger partial charge is 0.0580 e. The minimum absolute atomic E-state index is 0.118. The highest BCUT2D eigenvalue weighted by molar-refractivity contribution is 6.18. The molecule has 0 aromatic heterocycles. The van der Waals surface area contributed by atoms with Crippen molar-refractivity contribution in [2.24, 2.45) is 46.8 Å². The van der Waals surface area contributed by atoms with Gasteiger partial charge in [0.2, 0.25) is 0 Å². The van der Waals surface area contributed by atoms with Crippen LogP contribution in [0.3, 0.4) is 0 Å². The summed E-state index contributed by atoms with van der Waals surface area (Å²) in [5, 5.41) is 10.3. The molecular formula is C27H45ClO. The van der Waals surface area contributed by atoms with Crippen molar-refractivity contribution in [2.45, 2.75) is 104 Å². The van der Waals surface area contributed by atoms with E-state index in [4.69, 9.17) is 11.6 Å². The molecule has 8 atom stereocenters. The lowest BCUT2D eigenvalue weighted by molar-refractivity contribution is -0.0108. The van der Waals surface area contributed by atoms with Crippen molar-refractivity contribution in [3.05, 3.63) is 11.1 Å². The van der Waals surface area contributed by atoms with Crippen LogP contribution in [0, 0.1) is 46.8 Å². The van der Waals surface area contributed by atoms with Crippen LogP contribution in [0.2, 0.25) is 0 Å². The molecule has 4 rings (SSSR count). The number of aliphatic hydroxyl groups excluding tert-OH is 1. The molecule has 0 spiro atoms. The van der Waals surface area contributed by atoms with Crippen LogP contribution in [0.5, 0.6) is 0 Å². The topological polar surface area (TPSA) is 20.2 Å². The van der Waals surface area contributed by atoms with Gasteiger partial charge in [-0.15, -0.1) is 11.6 Å². The molecule has 0 radical (unpaired) electrons. The van der Waals surface area contributed by atoms with Gasteiger partial charge in [-0.2, -0.15) is 0 Å². The predicted octanol–water partition coefficient (Wildman–Crippen LogP) is 7.61. The molecule has 0 aromatic rings. The third-order valence-corrected chi connectivity index (χ3v) is 10.3. The maximum absolute atomic E-state index is 10.3. The van der Waals surface area contributed by atoms with Crippen LogP contribution in [-0.2, 0) is 0 Å². The lowest BCUT2D eigenvalue weighted by atomic mass is 9.51. The summed E-state index contributed by atoms with van der Waals surface area (Å²) in [4.78, 5) is 0. The fourth-order valence-corrected chi connectivity index (χ4v) is 8.83. The minimum atomic E-state index is -0.118. The molecule has 2 fully saturated rings. The Morgan fingerprint density at radius 3 is 2.59 bits per heavy atom. The van der Waals surface area contributed by atoms with Gasteiger partial charge in [0.05, 0.1) is 6.10 Å². The lowest BCUT2D eigenvalue weighted by Gasteiger charge is -2.54. The quantitative estimate of drug-likeness (QED) is 0.346. The van der Waals surface area contributed by atoms with Gasteiger partial charge in [-0.1, -0.05) is 58.1 Å². The molecule has 1 N–H and O–H groups in total. The van der Waals surface area contributed by atoms with Crippen molar-refractivity contribution in [3.63, 3.8) is 0 Å². The largest absolute Gasteiger partial charge is 0.393 e. The van der Waals surface area contributed by atoms with Crippen LogP contribution >= 0.6 is 11.6 Å². The Labute approximate surface area is 185 Å². The fourth-order valence-electron chi connectivity index (χ4n) is 8.52. The summed E-state index contributed by atoms with van der Waals surface area (Å²) in [6.45, 7) is 9.97. The second-order valence-corrected chi connectivity index (χ2v) is 12.2. The van der Waals surface area contributed by atoms with Crippen LogP contribution in [0.4, 0.5) is 0 Å². The number of hydrogen-bond donors (Lipinski definition) is 1. The third-order valence-electron chi connectivity index (χ3n) is 9.94. The summed E-state index contributed by atoms with van der Waals surface area (Å²) in [5.41, 5.74) is 3.90. The zero-order valence-corrected chi connectivity index (χ0v) is 20.2. The SMILES string of the molecule is CC(C)CCC[C@@H](C)[C@H]1CC[C@H]2[C@@H]3C[C@@H](CCl)C4=C(CC[C@H](O)C4)[C@H]3CC[C@]12C. The van der Waals surface area contributed by atoms with Crippen molar-refractivity contribution in [3.8, 4) is 0 Å². The molecule has 0 aromatic carbocycles. The van der Waals surface area contributed by atoms with Crippen LogP contribution < -0.4 is 0 Å². The number of alkyl halides is 1. The van der Waals surface area contributed by atoms with Crippen molar-refractivity contribution in [2.75, 3.05) is 5.88 Å². The molecule has 0 amide bonds. The van der Waals surface area contributed by atoms with E-state index in [2.05, 4.69) is 27.7 Å². The summed E-state index contributed by atoms with van der Waals surface area (Å²) in [6.07, 6.45) is 14.2. The lowest BCUT2D eigenvalue weighted by Crippen LogP contribution is -2.46. The van der Waals surface area contributed by atoms with Gasteiger partial charge in [0, 0.05) is 5.88 Å². The van der Waals surface area contributed by atoms with Gasteiger partial charge in [0.15, 0.2) is 0 Å². The molecule has 0 bridgehead atoms. The highest BCUT2D eigenvalue weighted by Crippen LogP contribution is 2.65. The second kappa shape index (κ2) is 8.85. The van der Waals surface area contributed by atoms with E-state index in [9.17, 15) is 5.11 Å². The number of aliphatic hydroxyl groups is 1. The third kappa shape index (κ3) is 4.09. The second-order valence-electron chi connectivity index (χ2n) is 11.9. The summed E-state index contributed by atoms with van der Waals surface area (Å²) in [7, 11) is 0. The first kappa shape index (κ1) is 22.2. The molecule has 0 aliphatic heterocycles. The van der Waals surface area contributed by atoms with E-state index >= 15 is 0 Å². The maximum atomic E-state index is 10.3. The zero-order valence-electron chi connectivity index (χ0n) is 19.4.